The van der Waals surface area contributed by atoms with Gasteiger partial charge in [0.25, 0.3) is 5.91 Å². The van der Waals surface area contributed by atoms with Gasteiger partial charge in [-0.15, -0.1) is 0 Å². The van der Waals surface area contributed by atoms with Gasteiger partial charge in [0.1, 0.15) is 0 Å². The van der Waals surface area contributed by atoms with Crippen molar-refractivity contribution in [2.24, 2.45) is 0 Å². The van der Waals surface area contributed by atoms with Crippen LogP contribution in [0.25, 0.3) is 10.9 Å². The number of carbonyl (C=O) groups is 1. The normalized spacial score (nSPS) is 28.0. The van der Waals surface area contributed by atoms with Gasteiger partial charge in [-0.2, -0.15) is 0 Å². The molecule has 2 aliphatic heterocycles. The fraction of sp³-hybridized carbons (Fsp3) is 0.412. The van der Waals surface area contributed by atoms with E-state index >= 15 is 0 Å². The first-order valence-electron chi connectivity index (χ1n) is 7.58. The molecule has 2 fully saturated rings. The van der Waals surface area contributed by atoms with E-state index < -0.39 is 0 Å². The number of hydrogen-bond donors (Lipinski definition) is 1. The molecular weight excluding hydrogens is 264 g/mol. The molecule has 0 saturated carbocycles. The Kier molecular flexibility index (Phi) is 2.93. The van der Waals surface area contributed by atoms with Crippen LogP contribution in [0.1, 0.15) is 36.0 Å². The van der Waals surface area contributed by atoms with Gasteiger partial charge in [0.15, 0.2) is 0 Å². The average Bonchev–Trinajstić information content (AvgIpc) is 2.78. The molecule has 2 aromatic rings. The largest absolute Gasteiger partial charge is 0.393 e. The highest BCUT2D eigenvalue weighted by molar-refractivity contribution is 6.06. The van der Waals surface area contributed by atoms with E-state index in [1.165, 1.54) is 0 Å². The third-order valence-electron chi connectivity index (χ3n) is 4.82. The van der Waals surface area contributed by atoms with Crippen LogP contribution in [-0.4, -0.2) is 39.1 Å². The Bertz CT molecular complexity index is 681. The molecule has 2 bridgehead atoms. The van der Waals surface area contributed by atoms with Crippen molar-refractivity contribution in [1.82, 2.24) is 9.88 Å². The lowest BCUT2D eigenvalue weighted by molar-refractivity contribution is 0.0288. The quantitative estimate of drug-likeness (QED) is 0.873. The van der Waals surface area contributed by atoms with Gasteiger partial charge in [0.2, 0.25) is 0 Å². The summed E-state index contributed by atoms with van der Waals surface area (Å²) in [5.41, 5.74) is 1.58. The Balaban J connectivity index is 1.74. The molecular formula is C17H18N2O2. The van der Waals surface area contributed by atoms with Crippen molar-refractivity contribution in [3.8, 4) is 0 Å². The van der Waals surface area contributed by atoms with Gasteiger partial charge in [0.05, 0.1) is 11.6 Å². The van der Waals surface area contributed by atoms with Crippen LogP contribution in [0, 0.1) is 0 Å². The van der Waals surface area contributed by atoms with E-state index in [-0.39, 0.29) is 24.1 Å². The first-order chi connectivity index (χ1) is 10.2. The second-order valence-corrected chi connectivity index (χ2v) is 6.10. The lowest BCUT2D eigenvalue weighted by Gasteiger charge is -2.37. The molecule has 4 rings (SSSR count). The third-order valence-corrected chi connectivity index (χ3v) is 4.82. The number of aromatic nitrogens is 1. The smallest absolute Gasteiger partial charge is 0.255 e. The number of aliphatic hydroxyl groups excluding tert-OH is 1. The maximum atomic E-state index is 13.0. The van der Waals surface area contributed by atoms with Crippen molar-refractivity contribution >= 4 is 16.8 Å². The van der Waals surface area contributed by atoms with Crippen molar-refractivity contribution in [3.63, 3.8) is 0 Å². The number of carbonyl (C=O) groups excluding carboxylic acids is 1. The molecule has 3 heterocycles. The summed E-state index contributed by atoms with van der Waals surface area (Å²) in [5, 5.41) is 10.8. The Morgan fingerprint density at radius 1 is 1.14 bits per heavy atom. The Hall–Kier alpha value is -1.94. The topological polar surface area (TPSA) is 53.4 Å². The molecule has 4 heteroatoms. The van der Waals surface area contributed by atoms with E-state index in [2.05, 4.69) is 4.98 Å². The van der Waals surface area contributed by atoms with Gasteiger partial charge in [-0.3, -0.25) is 9.78 Å². The molecule has 108 valence electrons. The summed E-state index contributed by atoms with van der Waals surface area (Å²) in [6.45, 7) is 0. The number of aliphatic hydroxyl groups is 1. The molecule has 2 unspecified atom stereocenters. The van der Waals surface area contributed by atoms with Gasteiger partial charge in [-0.1, -0.05) is 12.1 Å². The Morgan fingerprint density at radius 2 is 1.90 bits per heavy atom. The highest BCUT2D eigenvalue weighted by atomic mass is 16.3. The summed E-state index contributed by atoms with van der Waals surface area (Å²) in [6.07, 6.45) is 4.95. The zero-order valence-electron chi connectivity index (χ0n) is 11.8. The summed E-state index contributed by atoms with van der Waals surface area (Å²) < 4.78 is 0. The van der Waals surface area contributed by atoms with Crippen molar-refractivity contribution < 1.29 is 9.90 Å². The molecule has 1 N–H and O–H groups in total. The van der Waals surface area contributed by atoms with Crippen LogP contribution in [0.3, 0.4) is 0 Å². The molecule has 0 aliphatic carbocycles. The van der Waals surface area contributed by atoms with Crippen LogP contribution in [0.4, 0.5) is 0 Å². The molecule has 21 heavy (non-hydrogen) atoms. The van der Waals surface area contributed by atoms with Crippen LogP contribution < -0.4 is 0 Å². The van der Waals surface area contributed by atoms with Crippen molar-refractivity contribution in [1.29, 1.82) is 0 Å². The van der Waals surface area contributed by atoms with Crippen LogP contribution in [-0.2, 0) is 0 Å². The summed E-state index contributed by atoms with van der Waals surface area (Å²) in [4.78, 5) is 19.3. The number of rotatable bonds is 1. The van der Waals surface area contributed by atoms with E-state index in [9.17, 15) is 9.90 Å². The van der Waals surface area contributed by atoms with Crippen molar-refractivity contribution in [3.05, 3.63) is 42.1 Å². The van der Waals surface area contributed by atoms with Gasteiger partial charge < -0.3 is 10.0 Å². The number of amides is 1. The molecule has 2 aliphatic rings. The molecule has 4 nitrogen and oxygen atoms in total. The summed E-state index contributed by atoms with van der Waals surface area (Å²) in [7, 11) is 0. The fourth-order valence-electron chi connectivity index (χ4n) is 3.91. The zero-order chi connectivity index (χ0) is 14.4. The summed E-state index contributed by atoms with van der Waals surface area (Å²) >= 11 is 0. The monoisotopic (exact) mass is 282 g/mol. The first kappa shape index (κ1) is 12.8. The SMILES string of the molecule is O=C(c1cccc2ncccc12)N1C2CCC1CC(O)C2. The van der Waals surface area contributed by atoms with Gasteiger partial charge in [0, 0.05) is 29.2 Å². The number of pyridine rings is 1. The summed E-state index contributed by atoms with van der Waals surface area (Å²) in [6, 6.07) is 9.92. The number of piperidine rings is 1. The van der Waals surface area contributed by atoms with E-state index in [1.54, 1.807) is 6.20 Å². The highest BCUT2D eigenvalue weighted by Gasteiger charge is 2.43. The fourth-order valence-corrected chi connectivity index (χ4v) is 3.91. The van der Waals surface area contributed by atoms with Crippen LogP contribution >= 0.6 is 0 Å². The second kappa shape index (κ2) is 4.81. The maximum Gasteiger partial charge on any atom is 0.255 e. The average molecular weight is 282 g/mol. The van der Waals surface area contributed by atoms with Gasteiger partial charge in [-0.25, -0.2) is 0 Å². The number of nitrogens with zero attached hydrogens (tertiary/aromatic N) is 2. The third kappa shape index (κ3) is 2.02. The molecule has 0 radical (unpaired) electrons. The Labute approximate surface area is 123 Å². The van der Waals surface area contributed by atoms with E-state index in [0.29, 0.717) is 12.8 Å². The lowest BCUT2D eigenvalue weighted by atomic mass is 9.98. The van der Waals surface area contributed by atoms with Crippen molar-refractivity contribution in [2.45, 2.75) is 43.9 Å². The molecule has 2 atom stereocenters. The molecule has 0 spiro atoms. The predicted octanol–water partition coefficient (Wildman–Crippen LogP) is 2.36. The molecule has 2 saturated heterocycles. The Morgan fingerprint density at radius 3 is 2.67 bits per heavy atom. The van der Waals surface area contributed by atoms with Crippen LogP contribution in [0.15, 0.2) is 36.5 Å². The van der Waals surface area contributed by atoms with Crippen LogP contribution in [0.2, 0.25) is 0 Å². The molecule has 1 aromatic heterocycles. The predicted molar refractivity (Wildman–Crippen MR) is 80.0 cm³/mol. The lowest BCUT2D eigenvalue weighted by Crippen LogP contribution is -2.48. The van der Waals surface area contributed by atoms with Crippen LogP contribution in [0.5, 0.6) is 0 Å². The zero-order valence-corrected chi connectivity index (χ0v) is 11.8. The second-order valence-electron chi connectivity index (χ2n) is 6.10. The number of fused-ring (bicyclic) bond motifs is 3. The molecule has 1 aromatic carbocycles. The first-order valence-corrected chi connectivity index (χ1v) is 7.58. The summed E-state index contributed by atoms with van der Waals surface area (Å²) in [5.74, 6) is 0.0907. The minimum atomic E-state index is -0.249. The maximum absolute atomic E-state index is 13.0. The minimum Gasteiger partial charge on any atom is -0.393 e. The molecule has 1 amide bonds. The van der Waals surface area contributed by atoms with Gasteiger partial charge >= 0.3 is 0 Å². The van der Waals surface area contributed by atoms with E-state index in [4.69, 9.17) is 0 Å². The van der Waals surface area contributed by atoms with E-state index in [1.807, 2.05) is 35.2 Å². The minimum absolute atomic E-state index is 0.0907. The standard InChI is InChI=1S/C17H18N2O2/c20-13-9-11-6-7-12(10-13)19(11)17(21)15-3-1-5-16-14(15)4-2-8-18-16/h1-5,8,11-13,20H,6-7,9-10H2. The van der Waals surface area contributed by atoms with E-state index in [0.717, 1.165) is 29.3 Å². The number of benzene rings is 1. The van der Waals surface area contributed by atoms with Gasteiger partial charge in [-0.05, 0) is 43.9 Å². The number of hydrogen-bond acceptors (Lipinski definition) is 3. The highest BCUT2D eigenvalue weighted by Crippen LogP contribution is 2.37. The van der Waals surface area contributed by atoms with Crippen molar-refractivity contribution in [2.75, 3.05) is 0 Å².